The van der Waals surface area contributed by atoms with Crippen LogP contribution in [0.15, 0.2) is 24.3 Å². The van der Waals surface area contributed by atoms with E-state index < -0.39 is 0 Å². The van der Waals surface area contributed by atoms with Gasteiger partial charge in [-0.05, 0) is 43.4 Å². The number of hydrogen-bond donors (Lipinski definition) is 2. The zero-order valence-corrected chi connectivity index (χ0v) is 13.0. The van der Waals surface area contributed by atoms with Gasteiger partial charge in [-0.1, -0.05) is 25.0 Å². The Kier molecular flexibility index (Phi) is 4.81. The van der Waals surface area contributed by atoms with Crippen LogP contribution < -0.4 is 10.2 Å². The molecule has 1 aliphatic carbocycles. The number of benzene rings is 1. The average molecular weight is 288 g/mol. The smallest absolute Gasteiger partial charge is 0.0499 e. The van der Waals surface area contributed by atoms with Crippen molar-refractivity contribution in [2.24, 2.45) is 5.41 Å². The molecule has 21 heavy (non-hydrogen) atoms. The molecular weight excluding hydrogens is 260 g/mol. The maximum Gasteiger partial charge on any atom is 0.0499 e. The molecule has 1 saturated heterocycles. The number of nitrogens with one attached hydrogen (secondary N) is 1. The lowest BCUT2D eigenvalue weighted by Crippen LogP contribution is -2.26. The molecule has 1 aromatic rings. The van der Waals surface area contributed by atoms with E-state index in [9.17, 15) is 5.11 Å². The van der Waals surface area contributed by atoms with Gasteiger partial charge in [-0.3, -0.25) is 0 Å². The van der Waals surface area contributed by atoms with E-state index in [2.05, 4.69) is 34.5 Å². The summed E-state index contributed by atoms with van der Waals surface area (Å²) in [6.45, 7) is 4.58. The van der Waals surface area contributed by atoms with Gasteiger partial charge in [-0.25, -0.2) is 0 Å². The van der Waals surface area contributed by atoms with Gasteiger partial charge in [-0.15, -0.1) is 0 Å². The molecule has 116 valence electrons. The summed E-state index contributed by atoms with van der Waals surface area (Å²) in [6, 6.07) is 9.01. The van der Waals surface area contributed by atoms with E-state index in [4.69, 9.17) is 0 Å². The van der Waals surface area contributed by atoms with Gasteiger partial charge in [0.25, 0.3) is 0 Å². The van der Waals surface area contributed by atoms with Crippen LogP contribution in [0.2, 0.25) is 0 Å². The van der Waals surface area contributed by atoms with Gasteiger partial charge in [-0.2, -0.15) is 0 Å². The highest BCUT2D eigenvalue weighted by molar-refractivity contribution is 5.47. The molecule has 3 nitrogen and oxygen atoms in total. The van der Waals surface area contributed by atoms with Gasteiger partial charge < -0.3 is 15.3 Å². The van der Waals surface area contributed by atoms with Crippen molar-refractivity contribution in [3.05, 3.63) is 29.8 Å². The van der Waals surface area contributed by atoms with E-state index in [1.54, 1.807) is 0 Å². The molecule has 0 aromatic heterocycles. The zero-order chi connectivity index (χ0) is 14.5. The number of anilines is 1. The monoisotopic (exact) mass is 288 g/mol. The van der Waals surface area contributed by atoms with Gasteiger partial charge in [0.05, 0.1) is 0 Å². The SMILES string of the molecule is OCC1(CNCc2ccc(N3CCCCCC3)cc2)CC1. The topological polar surface area (TPSA) is 35.5 Å². The number of hydrogen-bond acceptors (Lipinski definition) is 3. The molecule has 0 amide bonds. The predicted molar refractivity (Wildman–Crippen MR) is 87.6 cm³/mol. The molecule has 3 heteroatoms. The van der Waals surface area contributed by atoms with Crippen LogP contribution in [0.1, 0.15) is 44.1 Å². The molecule has 1 heterocycles. The molecule has 2 N–H and O–H groups in total. The third-order valence-corrected chi connectivity index (χ3v) is 5.03. The standard InChI is InChI=1S/C18H28N2O/c21-15-18(9-10-18)14-19-13-16-5-7-17(8-6-16)20-11-3-1-2-4-12-20/h5-8,19,21H,1-4,9-15H2. The molecule has 2 aliphatic rings. The second kappa shape index (κ2) is 6.80. The number of nitrogens with zero attached hydrogens (tertiary/aromatic N) is 1. The van der Waals surface area contributed by atoms with Crippen LogP contribution in [0.25, 0.3) is 0 Å². The van der Waals surface area contributed by atoms with E-state index in [1.807, 2.05) is 0 Å². The molecule has 0 spiro atoms. The minimum Gasteiger partial charge on any atom is -0.396 e. The first kappa shape index (κ1) is 14.9. The lowest BCUT2D eigenvalue weighted by Gasteiger charge is -2.23. The first-order valence-corrected chi connectivity index (χ1v) is 8.47. The number of aliphatic hydroxyl groups excluding tert-OH is 1. The summed E-state index contributed by atoms with van der Waals surface area (Å²) in [5, 5.41) is 12.8. The van der Waals surface area contributed by atoms with Crippen molar-refractivity contribution in [1.82, 2.24) is 5.32 Å². The normalized spacial score (nSPS) is 21.1. The summed E-state index contributed by atoms with van der Waals surface area (Å²) in [5.74, 6) is 0. The van der Waals surface area contributed by atoms with Crippen molar-refractivity contribution in [3.8, 4) is 0 Å². The van der Waals surface area contributed by atoms with E-state index in [0.29, 0.717) is 6.61 Å². The van der Waals surface area contributed by atoms with E-state index in [1.165, 1.54) is 62.9 Å². The molecule has 0 radical (unpaired) electrons. The van der Waals surface area contributed by atoms with Crippen LogP contribution in [0.5, 0.6) is 0 Å². The summed E-state index contributed by atoms with van der Waals surface area (Å²) < 4.78 is 0. The van der Waals surface area contributed by atoms with Gasteiger partial charge in [0.15, 0.2) is 0 Å². The van der Waals surface area contributed by atoms with Gasteiger partial charge >= 0.3 is 0 Å². The summed E-state index contributed by atoms with van der Waals surface area (Å²) in [5.41, 5.74) is 2.91. The van der Waals surface area contributed by atoms with E-state index >= 15 is 0 Å². The zero-order valence-electron chi connectivity index (χ0n) is 13.0. The Hall–Kier alpha value is -1.06. The van der Waals surface area contributed by atoms with Crippen molar-refractivity contribution in [1.29, 1.82) is 0 Å². The van der Waals surface area contributed by atoms with Crippen LogP contribution in [-0.2, 0) is 6.54 Å². The fraction of sp³-hybridized carbons (Fsp3) is 0.667. The Morgan fingerprint density at radius 3 is 2.24 bits per heavy atom. The molecule has 0 atom stereocenters. The second-order valence-electron chi connectivity index (χ2n) is 6.83. The first-order valence-electron chi connectivity index (χ1n) is 8.47. The van der Waals surface area contributed by atoms with Crippen molar-refractivity contribution >= 4 is 5.69 Å². The number of rotatable bonds is 6. The highest BCUT2D eigenvalue weighted by Gasteiger charge is 2.41. The van der Waals surface area contributed by atoms with Crippen LogP contribution >= 0.6 is 0 Å². The lowest BCUT2D eigenvalue weighted by atomic mass is 10.1. The average Bonchev–Trinajstić information content (AvgIpc) is 3.32. The molecule has 1 saturated carbocycles. The highest BCUT2D eigenvalue weighted by atomic mass is 16.3. The maximum atomic E-state index is 9.31. The minimum atomic E-state index is 0.200. The van der Waals surface area contributed by atoms with E-state index in [-0.39, 0.29) is 5.41 Å². The van der Waals surface area contributed by atoms with Crippen LogP contribution in [0.4, 0.5) is 5.69 Å². The van der Waals surface area contributed by atoms with Gasteiger partial charge in [0.2, 0.25) is 0 Å². The Labute approximate surface area is 128 Å². The van der Waals surface area contributed by atoms with Crippen molar-refractivity contribution in [2.75, 3.05) is 31.1 Å². The molecule has 3 rings (SSSR count). The highest BCUT2D eigenvalue weighted by Crippen LogP contribution is 2.44. The Morgan fingerprint density at radius 2 is 1.67 bits per heavy atom. The summed E-state index contributed by atoms with van der Waals surface area (Å²) in [7, 11) is 0. The molecule has 0 bridgehead atoms. The fourth-order valence-electron chi connectivity index (χ4n) is 3.19. The molecular formula is C18H28N2O. The molecule has 2 fully saturated rings. The second-order valence-corrected chi connectivity index (χ2v) is 6.83. The summed E-state index contributed by atoms with van der Waals surface area (Å²) >= 11 is 0. The lowest BCUT2D eigenvalue weighted by molar-refractivity contribution is 0.207. The van der Waals surface area contributed by atoms with E-state index in [0.717, 1.165) is 13.1 Å². The first-order chi connectivity index (χ1) is 10.3. The third kappa shape index (κ3) is 3.98. The maximum absolute atomic E-state index is 9.31. The van der Waals surface area contributed by atoms with Gasteiger partial charge in [0, 0.05) is 43.9 Å². The quantitative estimate of drug-likeness (QED) is 0.845. The van der Waals surface area contributed by atoms with Crippen LogP contribution in [-0.4, -0.2) is 31.3 Å². The van der Waals surface area contributed by atoms with Gasteiger partial charge in [0.1, 0.15) is 0 Å². The summed E-state index contributed by atoms with van der Waals surface area (Å²) in [6.07, 6.45) is 7.75. The Morgan fingerprint density at radius 1 is 1.00 bits per heavy atom. The molecule has 1 aliphatic heterocycles. The number of aliphatic hydroxyl groups is 1. The van der Waals surface area contributed by atoms with Crippen LogP contribution in [0.3, 0.4) is 0 Å². The third-order valence-electron chi connectivity index (χ3n) is 5.03. The predicted octanol–water partition coefficient (Wildman–Crippen LogP) is 2.93. The summed E-state index contributed by atoms with van der Waals surface area (Å²) in [4.78, 5) is 2.52. The van der Waals surface area contributed by atoms with Crippen molar-refractivity contribution in [3.63, 3.8) is 0 Å². The minimum absolute atomic E-state index is 0.200. The van der Waals surface area contributed by atoms with Crippen LogP contribution in [0, 0.1) is 5.41 Å². The fourth-order valence-corrected chi connectivity index (χ4v) is 3.19. The molecule has 1 aromatic carbocycles. The van der Waals surface area contributed by atoms with Crippen molar-refractivity contribution in [2.45, 2.75) is 45.1 Å². The molecule has 0 unspecified atom stereocenters. The largest absolute Gasteiger partial charge is 0.396 e. The Bertz CT molecular complexity index is 431. The van der Waals surface area contributed by atoms with Crippen molar-refractivity contribution < 1.29 is 5.11 Å². The Balaban J connectivity index is 1.49.